The Morgan fingerprint density at radius 1 is 1.11 bits per heavy atom. The van der Waals surface area contributed by atoms with Gasteiger partial charge in [0.15, 0.2) is 0 Å². The summed E-state index contributed by atoms with van der Waals surface area (Å²) in [4.78, 5) is 16.6. The van der Waals surface area contributed by atoms with Crippen LogP contribution in [0, 0.1) is 12.7 Å². The Bertz CT molecular complexity index is 1550. The van der Waals surface area contributed by atoms with E-state index in [9.17, 15) is 19.4 Å². The van der Waals surface area contributed by atoms with Crippen molar-refractivity contribution in [2.45, 2.75) is 45.3 Å². The zero-order chi connectivity index (χ0) is 28.0. The highest BCUT2D eigenvalue weighted by Crippen LogP contribution is 2.39. The van der Waals surface area contributed by atoms with Crippen molar-refractivity contribution in [1.29, 1.82) is 0 Å². The van der Waals surface area contributed by atoms with Crippen LogP contribution in [0.5, 0.6) is 5.75 Å². The summed E-state index contributed by atoms with van der Waals surface area (Å²) in [5, 5.41) is 31.9. The first-order valence-electron chi connectivity index (χ1n) is 11.8. The highest BCUT2D eigenvalue weighted by Gasteiger charge is 2.33. The van der Waals surface area contributed by atoms with Crippen molar-refractivity contribution in [1.82, 2.24) is 15.2 Å². The molecule has 8 nitrogen and oxygen atoms in total. The quantitative estimate of drug-likeness (QED) is 0.314. The maximum Gasteiger partial charge on any atom is 0.248 e. The summed E-state index contributed by atoms with van der Waals surface area (Å²) in [5.74, 6) is -0.748. The molecule has 1 atom stereocenters. The number of carbonyl (C=O) groups excluding carboxylic acids is 1. The zero-order valence-electron chi connectivity index (χ0n) is 21.6. The van der Waals surface area contributed by atoms with Crippen molar-refractivity contribution in [2.75, 3.05) is 7.11 Å². The van der Waals surface area contributed by atoms with Gasteiger partial charge in [0, 0.05) is 28.5 Å². The first-order valence-corrected chi connectivity index (χ1v) is 12.2. The number of rotatable bonds is 7. The number of ether oxygens (including phenoxy) is 1. The normalized spacial score (nSPS) is 13.4. The monoisotopic (exact) mass is 538 g/mol. The fourth-order valence-electron chi connectivity index (χ4n) is 4.33. The molecular formula is C28H28ClFN4O4. The van der Waals surface area contributed by atoms with Gasteiger partial charge in [-0.1, -0.05) is 11.6 Å². The van der Waals surface area contributed by atoms with Gasteiger partial charge in [0.05, 0.1) is 34.8 Å². The number of methoxy groups -OCH3 is 1. The molecule has 2 aromatic heterocycles. The van der Waals surface area contributed by atoms with Crippen molar-refractivity contribution in [3.63, 3.8) is 0 Å². The summed E-state index contributed by atoms with van der Waals surface area (Å²) in [6.45, 7) is 6.46. The van der Waals surface area contributed by atoms with Crippen molar-refractivity contribution >= 4 is 28.4 Å². The van der Waals surface area contributed by atoms with Gasteiger partial charge in [-0.05, 0) is 75.7 Å². The van der Waals surface area contributed by atoms with Crippen molar-refractivity contribution < 1.29 is 24.1 Å². The molecule has 198 valence electrons. The number of pyridine rings is 1. The van der Waals surface area contributed by atoms with E-state index in [1.54, 1.807) is 39.8 Å². The lowest BCUT2D eigenvalue weighted by Gasteiger charge is -2.28. The first-order chi connectivity index (χ1) is 17.7. The molecule has 0 saturated carbocycles. The van der Waals surface area contributed by atoms with Crippen LogP contribution in [0.1, 0.15) is 53.6 Å². The minimum Gasteiger partial charge on any atom is -0.494 e. The van der Waals surface area contributed by atoms with Gasteiger partial charge in [0.2, 0.25) is 5.91 Å². The fourth-order valence-corrected chi connectivity index (χ4v) is 4.76. The van der Waals surface area contributed by atoms with Crippen molar-refractivity contribution in [2.24, 2.45) is 5.73 Å². The van der Waals surface area contributed by atoms with Crippen LogP contribution in [0.25, 0.3) is 22.2 Å². The van der Waals surface area contributed by atoms with Gasteiger partial charge in [-0.2, -0.15) is 5.10 Å². The maximum absolute atomic E-state index is 13.6. The molecule has 2 heterocycles. The second-order valence-electron chi connectivity index (χ2n) is 9.94. The van der Waals surface area contributed by atoms with Gasteiger partial charge in [-0.3, -0.25) is 4.79 Å². The Morgan fingerprint density at radius 2 is 1.76 bits per heavy atom. The number of aromatic nitrogens is 3. The van der Waals surface area contributed by atoms with E-state index in [0.29, 0.717) is 39.0 Å². The highest BCUT2D eigenvalue weighted by molar-refractivity contribution is 6.34. The smallest absolute Gasteiger partial charge is 0.248 e. The summed E-state index contributed by atoms with van der Waals surface area (Å²) >= 11 is 6.66. The van der Waals surface area contributed by atoms with Crippen molar-refractivity contribution in [3.8, 4) is 17.0 Å². The molecule has 38 heavy (non-hydrogen) atoms. The Labute approximate surface area is 224 Å². The lowest BCUT2D eigenvalue weighted by atomic mass is 9.87. The topological polar surface area (TPSA) is 131 Å². The number of carbonyl (C=O) groups is 1. The van der Waals surface area contributed by atoms with E-state index in [4.69, 9.17) is 22.1 Å². The van der Waals surface area contributed by atoms with Crippen LogP contribution in [0.4, 0.5) is 4.39 Å². The summed E-state index contributed by atoms with van der Waals surface area (Å²) in [6.07, 6.45) is 0.0129. The van der Waals surface area contributed by atoms with Crippen LogP contribution in [-0.2, 0) is 17.6 Å². The Balaban J connectivity index is 1.92. The van der Waals surface area contributed by atoms with Gasteiger partial charge in [-0.25, -0.2) is 9.37 Å². The van der Waals surface area contributed by atoms with Crippen LogP contribution in [0.15, 0.2) is 42.5 Å². The molecule has 4 rings (SSSR count). The molecule has 0 spiro atoms. The molecule has 1 amide bonds. The molecule has 0 bridgehead atoms. The van der Waals surface area contributed by atoms with E-state index in [1.165, 1.54) is 37.4 Å². The number of nitrogens with zero attached hydrogens (tertiary/aromatic N) is 3. The molecule has 1 unspecified atom stereocenters. The molecule has 0 radical (unpaired) electrons. The second-order valence-corrected chi connectivity index (χ2v) is 10.3. The molecule has 2 aromatic carbocycles. The molecule has 0 aliphatic heterocycles. The third-order valence-electron chi connectivity index (χ3n) is 6.45. The number of hydrogen-bond acceptors (Lipinski definition) is 7. The average molecular weight is 539 g/mol. The number of benzene rings is 2. The number of hydrogen-bond donors (Lipinski definition) is 3. The molecule has 0 saturated heterocycles. The number of fused-ring (bicyclic) bond motifs is 1. The average Bonchev–Trinajstić information content (AvgIpc) is 2.84. The van der Waals surface area contributed by atoms with Gasteiger partial charge in [-0.15, -0.1) is 5.10 Å². The highest BCUT2D eigenvalue weighted by atomic mass is 35.5. The number of nitrogens with two attached hydrogens (primary N) is 1. The Hall–Kier alpha value is -3.66. The van der Waals surface area contributed by atoms with Crippen LogP contribution in [0.2, 0.25) is 5.02 Å². The van der Waals surface area contributed by atoms with Gasteiger partial charge in [0.1, 0.15) is 22.7 Å². The minimum absolute atomic E-state index is 0.0129. The van der Waals surface area contributed by atoms with E-state index >= 15 is 0 Å². The van der Waals surface area contributed by atoms with Gasteiger partial charge in [0.25, 0.3) is 0 Å². The summed E-state index contributed by atoms with van der Waals surface area (Å²) in [6, 6.07) is 10.2. The lowest BCUT2D eigenvalue weighted by molar-refractivity contribution is 0.0513. The van der Waals surface area contributed by atoms with Crippen LogP contribution >= 0.6 is 11.6 Å². The molecule has 4 aromatic rings. The number of halogens is 2. The molecule has 10 heteroatoms. The lowest BCUT2D eigenvalue weighted by Crippen LogP contribution is -2.28. The first kappa shape index (κ1) is 27.4. The number of aryl methyl sites for hydroxylation is 1. The second kappa shape index (κ2) is 9.90. The van der Waals surface area contributed by atoms with Crippen LogP contribution in [0.3, 0.4) is 0 Å². The largest absolute Gasteiger partial charge is 0.494 e. The number of amides is 1. The Morgan fingerprint density at radius 3 is 2.34 bits per heavy atom. The zero-order valence-corrected chi connectivity index (χ0v) is 22.4. The molecule has 0 aliphatic rings. The Kier molecular flexibility index (Phi) is 7.13. The standard InChI is InChI=1S/C28H28ClFN4O4/c1-14-19(18-10-16(26(31)35)11-21(38-5)25(18)34-33-14)13-28(4,37)22-12-20(27(2,3)36)23(29)24(32-22)15-6-8-17(30)9-7-15/h6-12,36-37H,13H2,1-5H3,(H2,31,35). The van der Waals surface area contributed by atoms with E-state index in [-0.39, 0.29) is 28.4 Å². The maximum atomic E-state index is 13.6. The third kappa shape index (κ3) is 5.18. The van der Waals surface area contributed by atoms with E-state index in [2.05, 4.69) is 15.2 Å². The SMILES string of the molecule is COc1cc(C(N)=O)cc2c(CC(C)(O)c3cc(C(C)(C)O)c(Cl)c(-c4ccc(F)cc4)n3)c(C)nnc12. The molecule has 0 aliphatic carbocycles. The molecule has 0 fully saturated rings. The fraction of sp³-hybridized carbons (Fsp3) is 0.286. The predicted molar refractivity (Wildman–Crippen MR) is 143 cm³/mol. The summed E-state index contributed by atoms with van der Waals surface area (Å²) in [5.41, 5.74) is 5.68. The number of aliphatic hydroxyl groups is 2. The van der Waals surface area contributed by atoms with Crippen molar-refractivity contribution in [3.05, 3.63) is 81.4 Å². The summed E-state index contributed by atoms with van der Waals surface area (Å²) < 4.78 is 19.0. The van der Waals surface area contributed by atoms with E-state index < -0.39 is 22.9 Å². The van der Waals surface area contributed by atoms with Gasteiger partial charge < -0.3 is 20.7 Å². The number of primary amides is 1. The molecule has 4 N–H and O–H groups in total. The van der Waals surface area contributed by atoms with Crippen LogP contribution < -0.4 is 10.5 Å². The van der Waals surface area contributed by atoms with Crippen LogP contribution in [-0.4, -0.2) is 38.4 Å². The summed E-state index contributed by atoms with van der Waals surface area (Å²) in [7, 11) is 1.45. The van der Waals surface area contributed by atoms with Gasteiger partial charge >= 0.3 is 0 Å². The minimum atomic E-state index is -1.60. The van der Waals surface area contributed by atoms with E-state index in [1.807, 2.05) is 0 Å². The van der Waals surface area contributed by atoms with E-state index in [0.717, 1.165) is 0 Å². The predicted octanol–water partition coefficient (Wildman–Crippen LogP) is 4.58. The third-order valence-corrected chi connectivity index (χ3v) is 6.83. The molecular weight excluding hydrogens is 511 g/mol.